The SMILES string of the molecule is CC(N)C(=O)NC(CS)C(=O)NC(Cc1ccccc1)C(=O)NC(C)C(=O)O. The topological polar surface area (TPSA) is 151 Å². The Morgan fingerprint density at radius 1 is 0.964 bits per heavy atom. The summed E-state index contributed by atoms with van der Waals surface area (Å²) >= 11 is 4.06. The van der Waals surface area contributed by atoms with Gasteiger partial charge in [-0.2, -0.15) is 12.6 Å². The zero-order valence-electron chi connectivity index (χ0n) is 15.7. The number of carboxylic acid groups (broad SMARTS) is 1. The number of hydrogen-bond acceptors (Lipinski definition) is 6. The molecule has 28 heavy (non-hydrogen) atoms. The van der Waals surface area contributed by atoms with Crippen LogP contribution in [-0.2, 0) is 25.6 Å². The number of nitrogens with two attached hydrogens (primary N) is 1. The Kier molecular flexibility index (Phi) is 9.46. The van der Waals surface area contributed by atoms with Gasteiger partial charge in [0.1, 0.15) is 18.1 Å². The molecule has 6 N–H and O–H groups in total. The van der Waals surface area contributed by atoms with Crippen molar-refractivity contribution in [2.24, 2.45) is 5.73 Å². The van der Waals surface area contributed by atoms with Crippen LogP contribution in [-0.4, -0.2) is 58.7 Å². The third-order valence-corrected chi connectivity index (χ3v) is 4.24. The van der Waals surface area contributed by atoms with Crippen LogP contribution in [0.25, 0.3) is 0 Å². The van der Waals surface area contributed by atoms with Gasteiger partial charge in [0.25, 0.3) is 0 Å². The van der Waals surface area contributed by atoms with E-state index in [-0.39, 0.29) is 12.2 Å². The number of rotatable bonds is 10. The van der Waals surface area contributed by atoms with Crippen LogP contribution in [0.1, 0.15) is 19.4 Å². The Bertz CT molecular complexity index is 698. The lowest BCUT2D eigenvalue weighted by atomic mass is 10.0. The maximum Gasteiger partial charge on any atom is 0.325 e. The molecule has 4 atom stereocenters. The van der Waals surface area contributed by atoms with Crippen molar-refractivity contribution in [1.29, 1.82) is 0 Å². The summed E-state index contributed by atoms with van der Waals surface area (Å²) in [4.78, 5) is 47.8. The molecule has 0 aliphatic carbocycles. The number of carboxylic acids is 1. The normalized spacial score (nSPS) is 14.9. The van der Waals surface area contributed by atoms with Gasteiger partial charge in [0.15, 0.2) is 0 Å². The molecular weight excluding hydrogens is 384 g/mol. The summed E-state index contributed by atoms with van der Waals surface area (Å²) in [6, 6.07) is 4.97. The van der Waals surface area contributed by atoms with E-state index in [1.807, 2.05) is 6.07 Å². The molecule has 0 aromatic heterocycles. The van der Waals surface area contributed by atoms with E-state index in [2.05, 4.69) is 28.6 Å². The van der Waals surface area contributed by atoms with Gasteiger partial charge in [-0.3, -0.25) is 19.2 Å². The molecular formula is C18H26N4O5S. The predicted octanol–water partition coefficient (Wildman–Crippen LogP) is -0.935. The minimum absolute atomic E-state index is 0.00447. The molecule has 0 bridgehead atoms. The van der Waals surface area contributed by atoms with Crippen LogP contribution in [0.5, 0.6) is 0 Å². The van der Waals surface area contributed by atoms with Gasteiger partial charge >= 0.3 is 5.97 Å². The summed E-state index contributed by atoms with van der Waals surface area (Å²) in [5, 5.41) is 16.3. The quantitative estimate of drug-likeness (QED) is 0.274. The molecule has 4 unspecified atom stereocenters. The molecule has 0 saturated heterocycles. The monoisotopic (exact) mass is 410 g/mol. The number of carbonyl (C=O) groups is 4. The van der Waals surface area contributed by atoms with Crippen molar-refractivity contribution in [2.75, 3.05) is 5.75 Å². The van der Waals surface area contributed by atoms with Crippen molar-refractivity contribution < 1.29 is 24.3 Å². The first-order chi connectivity index (χ1) is 13.1. The van der Waals surface area contributed by atoms with Crippen LogP contribution in [0.3, 0.4) is 0 Å². The van der Waals surface area contributed by atoms with Gasteiger partial charge in [0.2, 0.25) is 17.7 Å². The van der Waals surface area contributed by atoms with E-state index in [0.717, 1.165) is 5.56 Å². The van der Waals surface area contributed by atoms with Crippen molar-refractivity contribution >= 4 is 36.3 Å². The standard InChI is InChI=1S/C18H26N4O5S/c1-10(19)15(23)22-14(9-28)17(25)21-13(8-12-6-4-3-5-7-12)16(24)20-11(2)18(26)27/h3-7,10-11,13-14,28H,8-9,19H2,1-2H3,(H,20,24)(H,21,25)(H,22,23)(H,26,27). The number of thiol groups is 1. The molecule has 9 nitrogen and oxygen atoms in total. The maximum atomic E-state index is 12.5. The van der Waals surface area contributed by atoms with E-state index >= 15 is 0 Å². The Morgan fingerprint density at radius 3 is 2.00 bits per heavy atom. The van der Waals surface area contributed by atoms with Crippen molar-refractivity contribution in [1.82, 2.24) is 16.0 Å². The summed E-state index contributed by atoms with van der Waals surface area (Å²) in [5.74, 6) is -3.00. The fourth-order valence-electron chi connectivity index (χ4n) is 2.20. The number of aliphatic carboxylic acids is 1. The van der Waals surface area contributed by atoms with E-state index in [1.165, 1.54) is 13.8 Å². The smallest absolute Gasteiger partial charge is 0.325 e. The molecule has 0 radical (unpaired) electrons. The van der Waals surface area contributed by atoms with Gasteiger partial charge in [-0.1, -0.05) is 30.3 Å². The fraction of sp³-hybridized carbons (Fsp3) is 0.444. The molecule has 154 valence electrons. The van der Waals surface area contributed by atoms with Gasteiger partial charge in [-0.05, 0) is 19.4 Å². The Hall–Kier alpha value is -2.59. The van der Waals surface area contributed by atoms with Crippen LogP contribution in [0.15, 0.2) is 30.3 Å². The van der Waals surface area contributed by atoms with E-state index in [1.54, 1.807) is 24.3 Å². The zero-order chi connectivity index (χ0) is 21.3. The maximum absolute atomic E-state index is 12.5. The molecule has 1 aromatic rings. The molecule has 3 amide bonds. The van der Waals surface area contributed by atoms with Crippen LogP contribution in [0.4, 0.5) is 0 Å². The molecule has 10 heteroatoms. The number of amides is 3. The Morgan fingerprint density at radius 2 is 1.50 bits per heavy atom. The molecule has 1 aromatic carbocycles. The number of hydrogen-bond donors (Lipinski definition) is 6. The van der Waals surface area contributed by atoms with E-state index in [0.29, 0.717) is 0 Å². The van der Waals surface area contributed by atoms with Crippen LogP contribution >= 0.6 is 12.6 Å². The second-order valence-electron chi connectivity index (χ2n) is 6.35. The minimum atomic E-state index is -1.20. The summed E-state index contributed by atoms with van der Waals surface area (Å²) in [6.45, 7) is 2.79. The Balaban J connectivity index is 2.93. The van der Waals surface area contributed by atoms with Crippen molar-refractivity contribution in [2.45, 2.75) is 44.4 Å². The highest BCUT2D eigenvalue weighted by atomic mass is 32.1. The number of benzene rings is 1. The first kappa shape index (κ1) is 23.4. The second kappa shape index (κ2) is 11.3. The van der Waals surface area contributed by atoms with Crippen LogP contribution in [0.2, 0.25) is 0 Å². The minimum Gasteiger partial charge on any atom is -0.480 e. The van der Waals surface area contributed by atoms with Gasteiger partial charge in [0, 0.05) is 12.2 Å². The van der Waals surface area contributed by atoms with Gasteiger partial charge < -0.3 is 26.8 Å². The predicted molar refractivity (Wildman–Crippen MR) is 107 cm³/mol. The third-order valence-electron chi connectivity index (χ3n) is 3.87. The van der Waals surface area contributed by atoms with Crippen molar-refractivity contribution in [3.63, 3.8) is 0 Å². The van der Waals surface area contributed by atoms with E-state index in [4.69, 9.17) is 10.8 Å². The largest absolute Gasteiger partial charge is 0.480 e. The lowest BCUT2D eigenvalue weighted by molar-refractivity contribution is -0.141. The van der Waals surface area contributed by atoms with Crippen LogP contribution < -0.4 is 21.7 Å². The molecule has 1 rings (SSSR count). The summed E-state index contributed by atoms with van der Waals surface area (Å²) in [6.07, 6.45) is 0.144. The number of nitrogens with one attached hydrogen (secondary N) is 3. The van der Waals surface area contributed by atoms with Crippen molar-refractivity contribution in [3.8, 4) is 0 Å². The van der Waals surface area contributed by atoms with Crippen molar-refractivity contribution in [3.05, 3.63) is 35.9 Å². The lowest BCUT2D eigenvalue weighted by Gasteiger charge is -2.23. The molecule has 0 aliphatic rings. The van der Waals surface area contributed by atoms with Gasteiger partial charge in [-0.25, -0.2) is 0 Å². The summed E-state index contributed by atoms with van der Waals surface area (Å²) in [5.41, 5.74) is 6.26. The molecule has 0 saturated carbocycles. The lowest BCUT2D eigenvalue weighted by Crippen LogP contribution is -2.57. The molecule has 0 fully saturated rings. The average Bonchev–Trinajstić information content (AvgIpc) is 2.65. The molecule has 0 aliphatic heterocycles. The highest BCUT2D eigenvalue weighted by molar-refractivity contribution is 7.80. The van der Waals surface area contributed by atoms with Gasteiger partial charge in [-0.15, -0.1) is 0 Å². The summed E-state index contributed by atoms with van der Waals surface area (Å²) in [7, 11) is 0. The first-order valence-electron chi connectivity index (χ1n) is 8.70. The highest BCUT2D eigenvalue weighted by Gasteiger charge is 2.28. The molecule has 0 heterocycles. The highest BCUT2D eigenvalue weighted by Crippen LogP contribution is 2.05. The first-order valence-corrected chi connectivity index (χ1v) is 9.33. The zero-order valence-corrected chi connectivity index (χ0v) is 16.6. The summed E-state index contributed by atoms with van der Waals surface area (Å²) < 4.78 is 0. The molecule has 0 spiro atoms. The second-order valence-corrected chi connectivity index (χ2v) is 6.72. The van der Waals surface area contributed by atoms with Gasteiger partial charge in [0.05, 0.1) is 6.04 Å². The average molecular weight is 410 g/mol. The third kappa shape index (κ3) is 7.57. The number of carbonyl (C=O) groups excluding carboxylic acids is 3. The fourth-order valence-corrected chi connectivity index (χ4v) is 2.46. The van der Waals surface area contributed by atoms with E-state index < -0.39 is 47.9 Å². The van der Waals surface area contributed by atoms with Crippen LogP contribution in [0, 0.1) is 0 Å². The van der Waals surface area contributed by atoms with E-state index in [9.17, 15) is 19.2 Å². The Labute approximate surface area is 168 Å².